The lowest BCUT2D eigenvalue weighted by molar-refractivity contribution is 0.0746. The van der Waals surface area contributed by atoms with Crippen LogP contribution in [0.25, 0.3) is 11.1 Å². The molecule has 0 bridgehead atoms. The highest BCUT2D eigenvalue weighted by Gasteiger charge is 2.47. The molecule has 0 radical (unpaired) electrons. The van der Waals surface area contributed by atoms with E-state index in [2.05, 4.69) is 36.2 Å². The highest BCUT2D eigenvalue weighted by Crippen LogP contribution is 2.47. The SMILES string of the molecule is CCc1ccc(-c2cncc(OCC3(CN(C(=O)O)C(C)(C)C)CC3)c2)cc1. The zero-order valence-corrected chi connectivity index (χ0v) is 17.2. The number of amides is 1. The first-order valence-electron chi connectivity index (χ1n) is 9.90. The summed E-state index contributed by atoms with van der Waals surface area (Å²) in [6, 6.07) is 10.5. The van der Waals surface area contributed by atoms with Crippen molar-refractivity contribution in [3.05, 3.63) is 48.3 Å². The van der Waals surface area contributed by atoms with Crippen LogP contribution in [0.5, 0.6) is 5.75 Å². The van der Waals surface area contributed by atoms with Crippen molar-refractivity contribution in [2.24, 2.45) is 5.41 Å². The van der Waals surface area contributed by atoms with Gasteiger partial charge < -0.3 is 14.7 Å². The van der Waals surface area contributed by atoms with Crippen molar-refractivity contribution < 1.29 is 14.6 Å². The summed E-state index contributed by atoms with van der Waals surface area (Å²) in [6.07, 6.45) is 5.67. The maximum absolute atomic E-state index is 11.6. The second-order valence-corrected chi connectivity index (χ2v) is 8.79. The minimum atomic E-state index is -0.877. The van der Waals surface area contributed by atoms with Crippen molar-refractivity contribution in [3.63, 3.8) is 0 Å². The van der Waals surface area contributed by atoms with Crippen molar-refractivity contribution in [2.75, 3.05) is 13.2 Å². The monoisotopic (exact) mass is 382 g/mol. The highest BCUT2D eigenvalue weighted by molar-refractivity contribution is 5.66. The molecule has 1 saturated carbocycles. The molecular formula is C23H30N2O3. The first kappa shape index (κ1) is 20.2. The summed E-state index contributed by atoms with van der Waals surface area (Å²) >= 11 is 0. The molecule has 1 aliphatic rings. The maximum atomic E-state index is 11.6. The number of carbonyl (C=O) groups is 1. The van der Waals surface area contributed by atoms with Crippen LogP contribution < -0.4 is 4.74 Å². The first-order chi connectivity index (χ1) is 13.2. The first-order valence-corrected chi connectivity index (χ1v) is 9.90. The standard InChI is InChI=1S/C23H30N2O3/c1-5-17-6-8-18(9-7-17)19-12-20(14-24-13-19)28-16-23(10-11-23)15-25(21(26)27)22(2,3)4/h6-9,12-14H,5,10-11,15-16H2,1-4H3,(H,26,27). The number of hydrogen-bond acceptors (Lipinski definition) is 3. The predicted octanol–water partition coefficient (Wildman–Crippen LogP) is 5.25. The summed E-state index contributed by atoms with van der Waals surface area (Å²) in [5, 5.41) is 9.56. The lowest BCUT2D eigenvalue weighted by atomic mass is 10.0. The Kier molecular flexibility index (Phi) is 5.64. The number of hydrogen-bond donors (Lipinski definition) is 1. The number of carboxylic acid groups (broad SMARTS) is 1. The Morgan fingerprint density at radius 2 is 1.86 bits per heavy atom. The van der Waals surface area contributed by atoms with Gasteiger partial charge in [0.05, 0.1) is 12.8 Å². The molecule has 1 heterocycles. The minimum absolute atomic E-state index is 0.0928. The van der Waals surface area contributed by atoms with E-state index in [0.717, 1.165) is 36.1 Å². The molecule has 0 atom stereocenters. The van der Waals surface area contributed by atoms with E-state index in [1.165, 1.54) is 10.5 Å². The van der Waals surface area contributed by atoms with Gasteiger partial charge in [-0.1, -0.05) is 31.2 Å². The molecule has 150 valence electrons. The van der Waals surface area contributed by atoms with Gasteiger partial charge in [0.2, 0.25) is 0 Å². The molecule has 28 heavy (non-hydrogen) atoms. The lowest BCUT2D eigenvalue weighted by Gasteiger charge is -2.36. The third kappa shape index (κ3) is 4.83. The third-order valence-electron chi connectivity index (χ3n) is 5.44. The van der Waals surface area contributed by atoms with Crippen LogP contribution in [-0.2, 0) is 6.42 Å². The van der Waals surface area contributed by atoms with E-state index in [9.17, 15) is 9.90 Å². The molecule has 0 saturated heterocycles. The quantitative estimate of drug-likeness (QED) is 0.710. The lowest BCUT2D eigenvalue weighted by Crippen LogP contribution is -2.48. The van der Waals surface area contributed by atoms with Gasteiger partial charge in [-0.05, 0) is 57.2 Å². The number of nitrogens with zero attached hydrogens (tertiary/aromatic N) is 2. The second kappa shape index (κ2) is 7.82. The van der Waals surface area contributed by atoms with E-state index in [-0.39, 0.29) is 5.41 Å². The molecule has 1 fully saturated rings. The maximum Gasteiger partial charge on any atom is 0.407 e. The molecule has 5 nitrogen and oxygen atoms in total. The van der Waals surface area contributed by atoms with Gasteiger partial charge in [0.15, 0.2) is 0 Å². The van der Waals surface area contributed by atoms with E-state index in [1.807, 2.05) is 33.0 Å². The highest BCUT2D eigenvalue weighted by atomic mass is 16.5. The summed E-state index contributed by atoms with van der Waals surface area (Å²) in [4.78, 5) is 17.5. The molecule has 5 heteroatoms. The van der Waals surface area contributed by atoms with E-state index in [4.69, 9.17) is 4.74 Å². The molecular weight excluding hydrogens is 352 g/mol. The Hall–Kier alpha value is -2.56. The molecule has 1 amide bonds. The molecule has 1 aromatic heterocycles. The predicted molar refractivity (Wildman–Crippen MR) is 111 cm³/mol. The zero-order valence-electron chi connectivity index (χ0n) is 17.2. The molecule has 0 spiro atoms. The summed E-state index contributed by atoms with van der Waals surface area (Å²) < 4.78 is 6.05. The van der Waals surface area contributed by atoms with Crippen molar-refractivity contribution in [1.29, 1.82) is 0 Å². The molecule has 2 aromatic rings. The Balaban J connectivity index is 1.67. The van der Waals surface area contributed by atoms with Gasteiger partial charge in [-0.3, -0.25) is 4.98 Å². The summed E-state index contributed by atoms with van der Waals surface area (Å²) in [5.41, 5.74) is 2.92. The smallest absolute Gasteiger partial charge is 0.407 e. The molecule has 1 aliphatic carbocycles. The fourth-order valence-electron chi connectivity index (χ4n) is 3.28. The van der Waals surface area contributed by atoms with E-state index in [1.54, 1.807) is 6.20 Å². The average molecular weight is 383 g/mol. The fraction of sp³-hybridized carbons (Fsp3) is 0.478. The Morgan fingerprint density at radius 3 is 2.39 bits per heavy atom. The van der Waals surface area contributed by atoms with Gasteiger partial charge in [-0.2, -0.15) is 0 Å². The summed E-state index contributed by atoms with van der Waals surface area (Å²) in [7, 11) is 0. The number of aryl methyl sites for hydroxylation is 1. The van der Waals surface area contributed by atoms with Crippen LogP contribution in [0.2, 0.25) is 0 Å². The largest absolute Gasteiger partial charge is 0.491 e. The normalized spacial score (nSPS) is 15.1. The fourth-order valence-corrected chi connectivity index (χ4v) is 3.28. The van der Waals surface area contributed by atoms with Crippen LogP contribution in [0, 0.1) is 5.41 Å². The van der Waals surface area contributed by atoms with Crippen LogP contribution in [0.15, 0.2) is 42.7 Å². The van der Waals surface area contributed by atoms with Gasteiger partial charge in [0.1, 0.15) is 5.75 Å². The van der Waals surface area contributed by atoms with Gasteiger partial charge in [-0.15, -0.1) is 0 Å². The number of benzene rings is 1. The van der Waals surface area contributed by atoms with E-state index in [0.29, 0.717) is 13.2 Å². The topological polar surface area (TPSA) is 62.7 Å². The number of ether oxygens (including phenoxy) is 1. The van der Waals surface area contributed by atoms with Gasteiger partial charge in [-0.25, -0.2) is 4.79 Å². The Morgan fingerprint density at radius 1 is 1.18 bits per heavy atom. The van der Waals surface area contributed by atoms with Gasteiger partial charge in [0.25, 0.3) is 0 Å². The minimum Gasteiger partial charge on any atom is -0.491 e. The average Bonchev–Trinajstić information content (AvgIpc) is 3.44. The van der Waals surface area contributed by atoms with Gasteiger partial charge >= 0.3 is 6.09 Å². The molecule has 1 aromatic carbocycles. The number of rotatable bonds is 7. The number of pyridine rings is 1. The van der Waals surface area contributed by atoms with Crippen LogP contribution in [-0.4, -0.2) is 39.8 Å². The summed E-state index contributed by atoms with van der Waals surface area (Å²) in [5.74, 6) is 0.723. The third-order valence-corrected chi connectivity index (χ3v) is 5.44. The van der Waals surface area contributed by atoms with Crippen LogP contribution in [0.1, 0.15) is 46.1 Å². The van der Waals surface area contributed by atoms with Crippen LogP contribution in [0.4, 0.5) is 4.79 Å². The number of aromatic nitrogens is 1. The zero-order chi connectivity index (χ0) is 20.4. The Bertz CT molecular complexity index is 820. The van der Waals surface area contributed by atoms with Crippen LogP contribution in [0.3, 0.4) is 0 Å². The second-order valence-electron chi connectivity index (χ2n) is 8.79. The summed E-state index contributed by atoms with van der Waals surface area (Å²) in [6.45, 7) is 8.92. The van der Waals surface area contributed by atoms with Gasteiger partial charge in [0, 0.05) is 29.3 Å². The molecule has 0 unspecified atom stereocenters. The molecule has 0 aliphatic heterocycles. The van der Waals surface area contributed by atoms with Crippen molar-refractivity contribution >= 4 is 6.09 Å². The van der Waals surface area contributed by atoms with E-state index >= 15 is 0 Å². The molecule has 1 N–H and O–H groups in total. The van der Waals surface area contributed by atoms with Crippen molar-refractivity contribution in [1.82, 2.24) is 9.88 Å². The van der Waals surface area contributed by atoms with Crippen LogP contribution >= 0.6 is 0 Å². The molecule has 3 rings (SSSR count). The van der Waals surface area contributed by atoms with Crippen molar-refractivity contribution in [3.8, 4) is 16.9 Å². The van der Waals surface area contributed by atoms with Crippen molar-refractivity contribution in [2.45, 2.75) is 52.5 Å². The Labute approximate surface area is 167 Å². The van der Waals surface area contributed by atoms with E-state index < -0.39 is 11.6 Å².